The normalized spacial score (nSPS) is 19.7. The molecule has 2 unspecified atom stereocenters. The highest BCUT2D eigenvalue weighted by molar-refractivity contribution is 5.51. The third-order valence-corrected chi connectivity index (χ3v) is 4.93. The number of hydrogen-bond donors (Lipinski definition) is 0. The molecule has 1 heterocycles. The summed E-state index contributed by atoms with van der Waals surface area (Å²) < 4.78 is 0. The quantitative estimate of drug-likeness (QED) is 0.370. The average molecular weight is 311 g/mol. The van der Waals surface area contributed by atoms with Crippen LogP contribution in [0.1, 0.15) is 16.7 Å². The van der Waals surface area contributed by atoms with Crippen LogP contribution in [0.25, 0.3) is 0 Å². The summed E-state index contributed by atoms with van der Waals surface area (Å²) in [5.41, 5.74) is 3.62. The van der Waals surface area contributed by atoms with Gasteiger partial charge in [0.1, 0.15) is 0 Å². The Labute approximate surface area is 143 Å². The van der Waals surface area contributed by atoms with E-state index in [0.717, 1.165) is 6.54 Å². The van der Waals surface area contributed by atoms with Gasteiger partial charge in [-0.1, -0.05) is 97.1 Å². The van der Waals surface area contributed by atoms with E-state index in [1.165, 1.54) is 16.7 Å². The van der Waals surface area contributed by atoms with E-state index in [2.05, 4.69) is 109 Å². The van der Waals surface area contributed by atoms with Crippen molar-refractivity contribution >= 4 is 0 Å². The van der Waals surface area contributed by atoms with E-state index < -0.39 is 0 Å². The van der Waals surface area contributed by atoms with Gasteiger partial charge in [0.15, 0.2) is 0 Å². The van der Waals surface area contributed by atoms with E-state index >= 15 is 0 Å². The van der Waals surface area contributed by atoms with Gasteiger partial charge < -0.3 is 0 Å². The van der Waals surface area contributed by atoms with Gasteiger partial charge in [-0.3, -0.25) is 4.90 Å². The zero-order valence-corrected chi connectivity index (χ0v) is 13.7. The fourth-order valence-corrected chi connectivity index (χ4v) is 3.78. The van der Waals surface area contributed by atoms with Gasteiger partial charge in [-0.05, 0) is 16.7 Å². The lowest BCUT2D eigenvalue weighted by Gasteiger charge is -2.38. The Morgan fingerprint density at radius 2 is 1.08 bits per heavy atom. The summed E-state index contributed by atoms with van der Waals surface area (Å²) in [6.45, 7) is 5.06. The van der Waals surface area contributed by atoms with E-state index in [4.69, 9.17) is 0 Å². The third kappa shape index (κ3) is 2.29. The lowest BCUT2D eigenvalue weighted by Crippen LogP contribution is -2.38. The fourth-order valence-electron chi connectivity index (χ4n) is 3.78. The second-order valence-corrected chi connectivity index (χ2v) is 6.26. The Kier molecular flexibility index (Phi) is 3.79. The van der Waals surface area contributed by atoms with E-state index in [1.807, 2.05) is 0 Å². The molecule has 0 bridgehead atoms. The molecule has 3 aromatic rings. The second kappa shape index (κ2) is 6.10. The minimum Gasteiger partial charge on any atom is -0.276 e. The molecular weight excluding hydrogens is 290 g/mol. The Balaban J connectivity index is 2.02. The van der Waals surface area contributed by atoms with Crippen LogP contribution < -0.4 is 0 Å². The molecule has 0 aliphatic carbocycles. The Morgan fingerprint density at radius 1 is 0.708 bits per heavy atom. The maximum Gasteiger partial charge on any atom is 0.0978 e. The number of nitrogens with zero attached hydrogens (tertiary/aromatic N) is 1. The van der Waals surface area contributed by atoms with Crippen molar-refractivity contribution in [3.05, 3.63) is 120 Å². The van der Waals surface area contributed by atoms with Gasteiger partial charge in [0, 0.05) is 12.6 Å². The first-order chi connectivity index (χ1) is 11.9. The van der Waals surface area contributed by atoms with Gasteiger partial charge in [0.2, 0.25) is 0 Å². The molecule has 0 radical (unpaired) electrons. The molecule has 1 aliphatic heterocycles. The topological polar surface area (TPSA) is 3.01 Å². The van der Waals surface area contributed by atoms with E-state index in [9.17, 15) is 0 Å². The zero-order chi connectivity index (χ0) is 16.4. The van der Waals surface area contributed by atoms with Crippen LogP contribution >= 0.6 is 0 Å². The van der Waals surface area contributed by atoms with Crippen molar-refractivity contribution in [3.63, 3.8) is 0 Å². The van der Waals surface area contributed by atoms with Crippen molar-refractivity contribution in [1.29, 1.82) is 0 Å². The van der Waals surface area contributed by atoms with Gasteiger partial charge >= 0.3 is 0 Å². The molecule has 0 amide bonds. The van der Waals surface area contributed by atoms with Crippen molar-refractivity contribution in [2.75, 3.05) is 6.54 Å². The summed E-state index contributed by atoms with van der Waals surface area (Å²) in [7, 11) is 0. The van der Waals surface area contributed by atoms with Crippen LogP contribution in [0, 0.1) is 0 Å². The van der Waals surface area contributed by atoms with Crippen LogP contribution in [0.4, 0.5) is 0 Å². The van der Waals surface area contributed by atoms with Crippen molar-refractivity contribution < 1.29 is 0 Å². The maximum absolute atomic E-state index is 4.03. The number of benzene rings is 3. The molecule has 0 spiro atoms. The summed E-state index contributed by atoms with van der Waals surface area (Å²) in [4.78, 5) is 2.53. The van der Waals surface area contributed by atoms with Crippen molar-refractivity contribution in [1.82, 2.24) is 4.90 Å². The van der Waals surface area contributed by atoms with Gasteiger partial charge in [0.25, 0.3) is 0 Å². The SMILES string of the molecule is C=CC1CN1C(c1ccccc1)(c1ccccc1)c1ccccc1. The molecule has 1 fully saturated rings. The monoisotopic (exact) mass is 311 g/mol. The first kappa shape index (κ1) is 14.9. The second-order valence-electron chi connectivity index (χ2n) is 6.26. The van der Waals surface area contributed by atoms with Crippen molar-refractivity contribution in [2.45, 2.75) is 11.6 Å². The van der Waals surface area contributed by atoms with E-state index in [0.29, 0.717) is 6.04 Å². The van der Waals surface area contributed by atoms with Crippen molar-refractivity contribution in [2.24, 2.45) is 0 Å². The largest absolute Gasteiger partial charge is 0.276 e. The van der Waals surface area contributed by atoms with E-state index in [1.54, 1.807) is 0 Å². The molecule has 24 heavy (non-hydrogen) atoms. The number of hydrogen-bond acceptors (Lipinski definition) is 1. The van der Waals surface area contributed by atoms with Gasteiger partial charge in [0.05, 0.1) is 5.54 Å². The predicted molar refractivity (Wildman–Crippen MR) is 99.9 cm³/mol. The zero-order valence-electron chi connectivity index (χ0n) is 13.7. The van der Waals surface area contributed by atoms with Crippen LogP contribution in [-0.4, -0.2) is 17.5 Å². The minimum atomic E-state index is -0.275. The third-order valence-electron chi connectivity index (χ3n) is 4.93. The average Bonchev–Trinajstić information content (AvgIpc) is 3.45. The van der Waals surface area contributed by atoms with Crippen LogP contribution in [-0.2, 0) is 5.54 Å². The van der Waals surface area contributed by atoms with Crippen LogP contribution in [0.2, 0.25) is 0 Å². The maximum atomic E-state index is 4.03. The first-order valence-electron chi connectivity index (χ1n) is 8.43. The molecule has 2 atom stereocenters. The summed E-state index contributed by atoms with van der Waals surface area (Å²) in [6.07, 6.45) is 2.06. The highest BCUT2D eigenvalue weighted by Crippen LogP contribution is 2.48. The van der Waals surface area contributed by atoms with Gasteiger partial charge in [-0.15, -0.1) is 6.58 Å². The molecule has 3 aromatic carbocycles. The Morgan fingerprint density at radius 3 is 1.38 bits per heavy atom. The molecule has 0 saturated carbocycles. The summed E-state index contributed by atoms with van der Waals surface area (Å²) >= 11 is 0. The smallest absolute Gasteiger partial charge is 0.0978 e. The highest BCUT2D eigenvalue weighted by atomic mass is 15.4. The Hall–Kier alpha value is -2.64. The molecular formula is C23H21N. The van der Waals surface area contributed by atoms with Crippen LogP contribution in [0.3, 0.4) is 0 Å². The molecule has 118 valence electrons. The van der Waals surface area contributed by atoms with Gasteiger partial charge in [-0.2, -0.15) is 0 Å². The summed E-state index contributed by atoms with van der Waals surface area (Å²) in [5.74, 6) is 0. The van der Waals surface area contributed by atoms with Gasteiger partial charge in [-0.25, -0.2) is 0 Å². The molecule has 0 N–H and O–H groups in total. The molecule has 1 saturated heterocycles. The molecule has 1 nitrogen and oxygen atoms in total. The van der Waals surface area contributed by atoms with Crippen molar-refractivity contribution in [3.8, 4) is 0 Å². The Bertz CT molecular complexity index is 712. The number of rotatable bonds is 5. The predicted octanol–water partition coefficient (Wildman–Crippen LogP) is 4.85. The van der Waals surface area contributed by atoms with Crippen LogP contribution in [0.15, 0.2) is 104 Å². The van der Waals surface area contributed by atoms with E-state index in [-0.39, 0.29) is 5.54 Å². The fraction of sp³-hybridized carbons (Fsp3) is 0.130. The lowest BCUT2D eigenvalue weighted by molar-refractivity contribution is 0.334. The minimum absolute atomic E-state index is 0.275. The first-order valence-corrected chi connectivity index (χ1v) is 8.43. The standard InChI is InChI=1S/C23H21N/c1-2-22-18-24(22)23(19-12-6-3-7-13-19,20-14-8-4-9-15-20)21-16-10-5-11-17-21/h2-17,22H,1,18H2. The molecule has 1 heteroatoms. The molecule has 0 aromatic heterocycles. The molecule has 4 rings (SSSR count). The summed E-state index contributed by atoms with van der Waals surface area (Å²) in [6, 6.07) is 32.8. The summed E-state index contributed by atoms with van der Waals surface area (Å²) in [5, 5.41) is 0. The van der Waals surface area contributed by atoms with Crippen LogP contribution in [0.5, 0.6) is 0 Å². The lowest BCUT2D eigenvalue weighted by atomic mass is 9.76. The highest BCUT2D eigenvalue weighted by Gasteiger charge is 2.51. The molecule has 1 aliphatic rings.